The van der Waals surface area contributed by atoms with E-state index < -0.39 is 22.5 Å². The van der Waals surface area contributed by atoms with Crippen molar-refractivity contribution in [2.45, 2.75) is 41.5 Å². The molecular formula is C18H20F2N6OS2. The molecule has 11 heteroatoms. The third-order valence-corrected chi connectivity index (χ3v) is 7.05. The highest BCUT2D eigenvalue weighted by molar-refractivity contribution is 8.01. The molecule has 0 bridgehead atoms. The van der Waals surface area contributed by atoms with Crippen LogP contribution in [-0.4, -0.2) is 47.6 Å². The van der Waals surface area contributed by atoms with E-state index in [2.05, 4.69) is 24.3 Å². The van der Waals surface area contributed by atoms with Crippen LogP contribution in [0.4, 0.5) is 14.7 Å². The molecule has 3 heterocycles. The number of thioether (sulfide) groups is 1. The second-order valence-electron chi connectivity index (χ2n) is 6.96. The lowest BCUT2D eigenvalue weighted by molar-refractivity contribution is 0.0133. The average molecular weight is 439 g/mol. The van der Waals surface area contributed by atoms with E-state index in [1.807, 2.05) is 0 Å². The predicted molar refractivity (Wildman–Crippen MR) is 107 cm³/mol. The van der Waals surface area contributed by atoms with Crippen LogP contribution < -0.4 is 4.90 Å². The van der Waals surface area contributed by atoms with Crippen molar-refractivity contribution in [1.82, 2.24) is 24.1 Å². The van der Waals surface area contributed by atoms with Gasteiger partial charge in [0, 0.05) is 30.0 Å². The Hall–Kier alpha value is -2.11. The zero-order valence-corrected chi connectivity index (χ0v) is 17.3. The number of rotatable bonds is 7. The van der Waals surface area contributed by atoms with Crippen LogP contribution in [0.3, 0.4) is 0 Å². The van der Waals surface area contributed by atoms with Gasteiger partial charge in [0.15, 0.2) is 4.34 Å². The number of aliphatic hydroxyl groups is 1. The van der Waals surface area contributed by atoms with Crippen LogP contribution in [0.15, 0.2) is 35.2 Å². The molecule has 1 aromatic carbocycles. The lowest BCUT2D eigenvalue weighted by Crippen LogP contribution is -2.41. The normalized spacial score (nSPS) is 17.4. The zero-order chi connectivity index (χ0) is 20.4. The maximum Gasteiger partial charge on any atom is 0.238 e. The standard InChI is InChI=1S/C18H20F2N6OS2/c1-12(28-17-23-16(24-29-17)25-6-2-3-7-25)18(27,9-26-11-21-10-22-26)14-5-4-13(19)8-15(14)20/h4-5,8,10-12,27H,2-3,6-7,9H2,1H3/t12-,18?/m1/s1. The van der Waals surface area contributed by atoms with Gasteiger partial charge in [0.05, 0.1) is 6.54 Å². The monoisotopic (exact) mass is 438 g/mol. The summed E-state index contributed by atoms with van der Waals surface area (Å²) in [6.45, 7) is 3.61. The molecule has 1 aliphatic heterocycles. The summed E-state index contributed by atoms with van der Waals surface area (Å²) in [5.74, 6) is -0.820. The molecule has 1 N–H and O–H groups in total. The van der Waals surface area contributed by atoms with Crippen LogP contribution in [0, 0.1) is 11.6 Å². The van der Waals surface area contributed by atoms with Crippen molar-refractivity contribution >= 4 is 29.2 Å². The lowest BCUT2D eigenvalue weighted by atomic mass is 9.90. The molecule has 0 aliphatic carbocycles. The number of halogens is 2. The number of aromatic nitrogens is 5. The quantitative estimate of drug-likeness (QED) is 0.568. The van der Waals surface area contributed by atoms with Gasteiger partial charge < -0.3 is 10.0 Å². The van der Waals surface area contributed by atoms with Crippen LogP contribution in [0.1, 0.15) is 25.3 Å². The molecule has 0 radical (unpaired) electrons. The predicted octanol–water partition coefficient (Wildman–Crippen LogP) is 3.08. The summed E-state index contributed by atoms with van der Waals surface area (Å²) in [6.07, 6.45) is 5.03. The average Bonchev–Trinajstić information content (AvgIpc) is 3.44. The number of anilines is 1. The summed E-state index contributed by atoms with van der Waals surface area (Å²) in [6, 6.07) is 3.18. The first-order chi connectivity index (χ1) is 14.0. The Balaban J connectivity index is 1.61. The molecule has 0 amide bonds. The summed E-state index contributed by atoms with van der Waals surface area (Å²) in [4.78, 5) is 10.6. The molecule has 2 aromatic heterocycles. The fourth-order valence-electron chi connectivity index (χ4n) is 3.38. The number of hydrogen-bond donors (Lipinski definition) is 1. The highest BCUT2D eigenvalue weighted by atomic mass is 32.2. The molecule has 7 nitrogen and oxygen atoms in total. The lowest BCUT2D eigenvalue weighted by Gasteiger charge is -2.33. The first-order valence-corrected chi connectivity index (χ1v) is 10.9. The largest absolute Gasteiger partial charge is 0.382 e. The Bertz CT molecular complexity index is 963. The molecule has 29 heavy (non-hydrogen) atoms. The SMILES string of the molecule is C[C@@H](Sc1nc(N2CCCC2)ns1)C(O)(Cn1cncn1)c1ccc(F)cc1F. The topological polar surface area (TPSA) is 80.0 Å². The summed E-state index contributed by atoms with van der Waals surface area (Å²) in [5.41, 5.74) is -1.67. The van der Waals surface area contributed by atoms with Crippen molar-refractivity contribution in [3.63, 3.8) is 0 Å². The molecule has 1 aliphatic rings. The van der Waals surface area contributed by atoms with Crippen molar-refractivity contribution in [2.75, 3.05) is 18.0 Å². The second kappa shape index (κ2) is 8.33. The molecule has 0 saturated carbocycles. The molecule has 0 spiro atoms. The number of benzene rings is 1. The van der Waals surface area contributed by atoms with E-state index >= 15 is 0 Å². The highest BCUT2D eigenvalue weighted by Crippen LogP contribution is 2.40. The van der Waals surface area contributed by atoms with E-state index in [-0.39, 0.29) is 12.1 Å². The van der Waals surface area contributed by atoms with Crippen LogP contribution >= 0.6 is 23.3 Å². The number of nitrogens with zero attached hydrogens (tertiary/aromatic N) is 6. The Morgan fingerprint density at radius 1 is 1.31 bits per heavy atom. The number of hydrogen-bond acceptors (Lipinski definition) is 8. The van der Waals surface area contributed by atoms with Gasteiger partial charge in [-0.2, -0.15) is 14.5 Å². The maximum absolute atomic E-state index is 14.6. The minimum absolute atomic E-state index is 0.00122. The fourth-order valence-corrected chi connectivity index (χ4v) is 5.37. The van der Waals surface area contributed by atoms with Gasteiger partial charge in [0.1, 0.15) is 29.9 Å². The summed E-state index contributed by atoms with van der Waals surface area (Å²) in [7, 11) is 0. The van der Waals surface area contributed by atoms with Crippen molar-refractivity contribution < 1.29 is 13.9 Å². The van der Waals surface area contributed by atoms with Crippen LogP contribution in [0.25, 0.3) is 0 Å². The molecular weight excluding hydrogens is 418 g/mol. The summed E-state index contributed by atoms with van der Waals surface area (Å²) < 4.78 is 34.6. The van der Waals surface area contributed by atoms with Crippen molar-refractivity contribution in [1.29, 1.82) is 0 Å². The molecule has 3 aromatic rings. The molecule has 4 rings (SSSR count). The zero-order valence-electron chi connectivity index (χ0n) is 15.7. The fraction of sp³-hybridized carbons (Fsp3) is 0.444. The molecule has 2 atom stereocenters. The third-order valence-electron chi connectivity index (χ3n) is 5.00. The minimum atomic E-state index is -1.67. The van der Waals surface area contributed by atoms with Gasteiger partial charge in [-0.1, -0.05) is 17.8 Å². The Morgan fingerprint density at radius 2 is 2.10 bits per heavy atom. The van der Waals surface area contributed by atoms with E-state index in [1.165, 1.54) is 46.7 Å². The van der Waals surface area contributed by atoms with Gasteiger partial charge in [-0.25, -0.2) is 18.4 Å². The molecule has 154 valence electrons. The minimum Gasteiger partial charge on any atom is -0.382 e. The van der Waals surface area contributed by atoms with E-state index in [1.54, 1.807) is 6.92 Å². The highest BCUT2D eigenvalue weighted by Gasteiger charge is 2.40. The van der Waals surface area contributed by atoms with Gasteiger partial charge in [-0.15, -0.1) is 0 Å². The molecule has 1 saturated heterocycles. The molecule has 1 unspecified atom stereocenters. The Kier molecular flexibility index (Phi) is 5.79. The first kappa shape index (κ1) is 20.2. The second-order valence-corrected chi connectivity index (χ2v) is 9.30. The van der Waals surface area contributed by atoms with Crippen LogP contribution in [-0.2, 0) is 12.1 Å². The van der Waals surface area contributed by atoms with Gasteiger partial charge in [0.2, 0.25) is 5.95 Å². The first-order valence-electron chi connectivity index (χ1n) is 9.21. The maximum atomic E-state index is 14.6. The smallest absolute Gasteiger partial charge is 0.238 e. The van der Waals surface area contributed by atoms with E-state index in [0.717, 1.165) is 38.1 Å². The Labute approximate surface area is 175 Å². The van der Waals surface area contributed by atoms with E-state index in [9.17, 15) is 13.9 Å². The third kappa shape index (κ3) is 4.26. The van der Waals surface area contributed by atoms with E-state index in [0.29, 0.717) is 10.3 Å². The van der Waals surface area contributed by atoms with Gasteiger partial charge in [0.25, 0.3) is 0 Å². The van der Waals surface area contributed by atoms with Gasteiger partial charge >= 0.3 is 0 Å². The molecule has 1 fully saturated rings. The van der Waals surface area contributed by atoms with E-state index in [4.69, 9.17) is 0 Å². The Morgan fingerprint density at radius 3 is 2.79 bits per heavy atom. The van der Waals surface area contributed by atoms with Crippen LogP contribution in [0.2, 0.25) is 0 Å². The van der Waals surface area contributed by atoms with Gasteiger partial charge in [-0.3, -0.25) is 0 Å². The summed E-state index contributed by atoms with van der Waals surface area (Å²) in [5, 5.41) is 15.1. The van der Waals surface area contributed by atoms with Crippen molar-refractivity contribution in [2.24, 2.45) is 0 Å². The van der Waals surface area contributed by atoms with Crippen LogP contribution in [0.5, 0.6) is 0 Å². The van der Waals surface area contributed by atoms with Gasteiger partial charge in [-0.05, 0) is 37.4 Å². The van der Waals surface area contributed by atoms with Crippen molar-refractivity contribution in [3.8, 4) is 0 Å². The summed E-state index contributed by atoms with van der Waals surface area (Å²) >= 11 is 2.56. The van der Waals surface area contributed by atoms with Crippen molar-refractivity contribution in [3.05, 3.63) is 48.1 Å².